The van der Waals surface area contributed by atoms with Crippen molar-refractivity contribution < 1.29 is 27.9 Å². The number of hydrogen-bond donors (Lipinski definition) is 2. The van der Waals surface area contributed by atoms with Gasteiger partial charge in [0.25, 0.3) is 11.5 Å². The number of carboxylic acids is 1. The predicted octanol–water partition coefficient (Wildman–Crippen LogP) is 3.64. The smallest absolute Gasteiger partial charge is 0.475 e. The van der Waals surface area contributed by atoms with Crippen molar-refractivity contribution in [3.8, 4) is 5.69 Å². The van der Waals surface area contributed by atoms with Gasteiger partial charge in [0.05, 0.1) is 21.6 Å². The summed E-state index contributed by atoms with van der Waals surface area (Å²) in [5.74, 6) is -2.64. The molecule has 0 aliphatic carbocycles. The molecular weight excluding hydrogens is 505 g/mol. The van der Waals surface area contributed by atoms with E-state index in [4.69, 9.17) is 21.5 Å². The van der Waals surface area contributed by atoms with Gasteiger partial charge in [-0.15, -0.1) is 0 Å². The van der Waals surface area contributed by atoms with E-state index in [9.17, 15) is 27.6 Å². The maximum atomic E-state index is 12.9. The van der Waals surface area contributed by atoms with E-state index in [1.165, 1.54) is 23.1 Å². The second kappa shape index (κ2) is 10.4. The predicted molar refractivity (Wildman–Crippen MR) is 126 cm³/mol. The Hall–Kier alpha value is -4.45. The van der Waals surface area contributed by atoms with Crippen LogP contribution in [-0.4, -0.2) is 44.7 Å². The zero-order valence-electron chi connectivity index (χ0n) is 18.3. The number of aliphatic carboxylic acids is 1. The highest BCUT2D eigenvalue weighted by Crippen LogP contribution is 2.22. The molecule has 0 bridgehead atoms. The Morgan fingerprint density at radius 1 is 1.06 bits per heavy atom. The van der Waals surface area contributed by atoms with Crippen molar-refractivity contribution in [1.82, 2.24) is 14.5 Å². The number of para-hydroxylation sites is 1. The molecule has 0 atom stereocenters. The molecule has 0 aliphatic heterocycles. The molecule has 186 valence electrons. The van der Waals surface area contributed by atoms with E-state index in [0.717, 1.165) is 4.57 Å². The number of nitrogens with one attached hydrogen (secondary N) is 1. The van der Waals surface area contributed by atoms with Crippen molar-refractivity contribution in [2.24, 2.45) is 0 Å². The number of carbonyl (C=O) groups is 2. The fourth-order valence-corrected chi connectivity index (χ4v) is 3.25. The number of aromatic amines is 1. The summed E-state index contributed by atoms with van der Waals surface area (Å²) in [4.78, 5) is 55.5. The van der Waals surface area contributed by atoms with Crippen molar-refractivity contribution in [1.29, 1.82) is 0 Å². The molecule has 9 nitrogen and oxygen atoms in total. The Bertz CT molecular complexity index is 1550. The Balaban J connectivity index is 0.000000454. The van der Waals surface area contributed by atoms with Crippen LogP contribution in [0.5, 0.6) is 0 Å². The summed E-state index contributed by atoms with van der Waals surface area (Å²) in [7, 11) is 1.59. The van der Waals surface area contributed by atoms with E-state index < -0.39 is 23.4 Å². The Morgan fingerprint density at radius 2 is 1.69 bits per heavy atom. The Morgan fingerprint density at radius 3 is 2.31 bits per heavy atom. The van der Waals surface area contributed by atoms with Crippen LogP contribution in [0.15, 0.2) is 76.4 Å². The number of alkyl halides is 3. The van der Waals surface area contributed by atoms with Gasteiger partial charge >= 0.3 is 17.8 Å². The van der Waals surface area contributed by atoms with E-state index in [0.29, 0.717) is 16.7 Å². The van der Waals surface area contributed by atoms with E-state index in [1.807, 2.05) is 0 Å². The third-order valence-corrected chi connectivity index (χ3v) is 5.10. The van der Waals surface area contributed by atoms with Crippen LogP contribution in [-0.2, 0) is 4.79 Å². The minimum atomic E-state index is -5.08. The fraction of sp³-hybridized carbons (Fsp3) is 0.0870. The molecule has 0 saturated heterocycles. The summed E-state index contributed by atoms with van der Waals surface area (Å²) in [6, 6.07) is 16.4. The van der Waals surface area contributed by atoms with Crippen molar-refractivity contribution in [2.75, 3.05) is 11.9 Å². The first-order chi connectivity index (χ1) is 16.9. The van der Waals surface area contributed by atoms with Gasteiger partial charge in [0, 0.05) is 18.8 Å². The van der Waals surface area contributed by atoms with Gasteiger partial charge in [-0.05, 0) is 42.5 Å². The highest BCUT2D eigenvalue weighted by Gasteiger charge is 2.38. The first-order valence-electron chi connectivity index (χ1n) is 9.95. The van der Waals surface area contributed by atoms with E-state index in [2.05, 4.69) is 9.97 Å². The number of carboxylic acid groups (broad SMARTS) is 1. The number of rotatable bonds is 3. The number of pyridine rings is 1. The molecule has 2 heterocycles. The molecule has 0 aliphatic rings. The minimum absolute atomic E-state index is 0.129. The first-order valence-corrected chi connectivity index (χ1v) is 10.3. The monoisotopic (exact) mass is 520 g/mol. The molecule has 0 spiro atoms. The molecule has 36 heavy (non-hydrogen) atoms. The average molecular weight is 521 g/mol. The summed E-state index contributed by atoms with van der Waals surface area (Å²) in [5, 5.41) is 7.63. The van der Waals surface area contributed by atoms with Gasteiger partial charge in [-0.25, -0.2) is 19.1 Å². The van der Waals surface area contributed by atoms with Crippen LogP contribution < -0.4 is 16.1 Å². The lowest BCUT2D eigenvalue weighted by atomic mass is 10.1. The van der Waals surface area contributed by atoms with Gasteiger partial charge in [0.15, 0.2) is 0 Å². The number of amides is 1. The van der Waals surface area contributed by atoms with Crippen LogP contribution in [0.25, 0.3) is 16.6 Å². The number of benzene rings is 2. The van der Waals surface area contributed by atoms with Gasteiger partial charge in [-0.3, -0.25) is 14.5 Å². The van der Waals surface area contributed by atoms with E-state index in [-0.39, 0.29) is 22.2 Å². The van der Waals surface area contributed by atoms with Gasteiger partial charge in [0.1, 0.15) is 5.82 Å². The fourth-order valence-electron chi connectivity index (χ4n) is 3.05. The Kier molecular flexibility index (Phi) is 7.59. The lowest BCUT2D eigenvalue weighted by Gasteiger charge is -2.17. The highest BCUT2D eigenvalue weighted by molar-refractivity contribution is 6.32. The van der Waals surface area contributed by atoms with Gasteiger partial charge in [-0.2, -0.15) is 13.2 Å². The average Bonchev–Trinajstić information content (AvgIpc) is 2.84. The number of H-pyrrole nitrogens is 1. The highest BCUT2D eigenvalue weighted by atomic mass is 35.5. The quantitative estimate of drug-likeness (QED) is 0.425. The lowest BCUT2D eigenvalue weighted by Crippen LogP contribution is -2.34. The molecule has 0 unspecified atom stereocenters. The third kappa shape index (κ3) is 5.61. The van der Waals surface area contributed by atoms with Crippen LogP contribution in [0, 0.1) is 0 Å². The normalized spacial score (nSPS) is 10.9. The zero-order valence-corrected chi connectivity index (χ0v) is 19.0. The maximum Gasteiger partial charge on any atom is 0.490 e. The van der Waals surface area contributed by atoms with Crippen LogP contribution in [0.1, 0.15) is 10.4 Å². The van der Waals surface area contributed by atoms with Crippen LogP contribution in [0.2, 0.25) is 5.02 Å². The first kappa shape index (κ1) is 26.2. The second-order valence-electron chi connectivity index (χ2n) is 7.14. The largest absolute Gasteiger partial charge is 0.490 e. The van der Waals surface area contributed by atoms with Gasteiger partial charge in [-0.1, -0.05) is 29.8 Å². The standard InChI is InChI=1S/C21H15ClN4O3.C2HF3O2/c1-25(18-8-4-5-11-23-18)19(27)13-9-10-15(22)17(12-13)26-20(28)14-6-2-3-7-16(14)24-21(26)29;3-2(4,5)1(6)7/h2-12H,1H3,(H,24,29);(H,6,7). The SMILES string of the molecule is CN(C(=O)c1ccc(Cl)c(-n2c(=O)[nH]c3ccccc3c2=O)c1)c1ccccn1.O=C(O)C(F)(F)F. The molecule has 13 heteroatoms. The van der Waals surface area contributed by atoms with Crippen LogP contribution in [0.4, 0.5) is 19.0 Å². The minimum Gasteiger partial charge on any atom is -0.475 e. The van der Waals surface area contributed by atoms with E-state index in [1.54, 1.807) is 55.7 Å². The summed E-state index contributed by atoms with van der Waals surface area (Å²) in [6.45, 7) is 0. The molecule has 0 fully saturated rings. The molecule has 2 aromatic heterocycles. The van der Waals surface area contributed by atoms with Crippen molar-refractivity contribution >= 4 is 40.2 Å². The number of aromatic nitrogens is 3. The molecule has 0 saturated carbocycles. The molecule has 2 aromatic carbocycles. The molecular formula is C23H16ClF3N4O5. The number of anilines is 1. The third-order valence-electron chi connectivity index (χ3n) is 4.78. The molecule has 2 N–H and O–H groups in total. The number of fused-ring (bicyclic) bond motifs is 1. The van der Waals surface area contributed by atoms with Crippen molar-refractivity contribution in [3.63, 3.8) is 0 Å². The van der Waals surface area contributed by atoms with Gasteiger partial charge in [0.2, 0.25) is 0 Å². The van der Waals surface area contributed by atoms with Gasteiger partial charge < -0.3 is 10.1 Å². The van der Waals surface area contributed by atoms with Crippen LogP contribution >= 0.6 is 11.6 Å². The molecule has 4 rings (SSSR count). The second-order valence-corrected chi connectivity index (χ2v) is 7.54. The molecule has 1 amide bonds. The summed E-state index contributed by atoms with van der Waals surface area (Å²) >= 11 is 6.28. The lowest BCUT2D eigenvalue weighted by molar-refractivity contribution is -0.192. The number of carbonyl (C=O) groups excluding carboxylic acids is 1. The maximum absolute atomic E-state index is 12.9. The number of hydrogen-bond acceptors (Lipinski definition) is 5. The van der Waals surface area contributed by atoms with E-state index >= 15 is 0 Å². The number of nitrogens with zero attached hydrogens (tertiary/aromatic N) is 3. The van der Waals surface area contributed by atoms with Crippen molar-refractivity contribution in [2.45, 2.75) is 6.18 Å². The topological polar surface area (TPSA) is 125 Å². The summed E-state index contributed by atoms with van der Waals surface area (Å²) in [6.07, 6.45) is -3.50. The number of halogens is 4. The molecule has 0 radical (unpaired) electrons. The summed E-state index contributed by atoms with van der Waals surface area (Å²) < 4.78 is 32.7. The molecule has 4 aromatic rings. The summed E-state index contributed by atoms with van der Waals surface area (Å²) in [5.41, 5.74) is -0.342. The Labute approximate surface area is 205 Å². The zero-order chi connectivity index (χ0) is 26.6. The van der Waals surface area contributed by atoms with Crippen molar-refractivity contribution in [3.05, 3.63) is 98.3 Å². The van der Waals surface area contributed by atoms with Crippen LogP contribution in [0.3, 0.4) is 0 Å².